The van der Waals surface area contributed by atoms with E-state index in [0.717, 1.165) is 31.5 Å². The Hall–Kier alpha value is -2.16. The lowest BCUT2D eigenvalue weighted by Gasteiger charge is -2.40. The molecular formula is C22H26FNO. The second kappa shape index (κ2) is 7.81. The van der Waals surface area contributed by atoms with Gasteiger partial charge in [0.15, 0.2) is 0 Å². The standard InChI is InChI=1S/C22H26FNO/c1-22(19-7-3-2-4-8-19)14-16-24(17-15-22)21(25)13-11-18-6-5-9-20(23)12-10-18/h2-4,6-10,12H,5,11,13-17H2,1H3. The van der Waals surface area contributed by atoms with Crippen molar-refractivity contribution < 1.29 is 9.18 Å². The number of nitrogens with zero attached hydrogens (tertiary/aromatic N) is 1. The van der Waals surface area contributed by atoms with Gasteiger partial charge in [0, 0.05) is 19.5 Å². The van der Waals surface area contributed by atoms with Crippen LogP contribution < -0.4 is 0 Å². The zero-order chi connectivity index (χ0) is 17.7. The first kappa shape index (κ1) is 17.7. The van der Waals surface area contributed by atoms with Crippen LogP contribution in [-0.2, 0) is 10.2 Å². The van der Waals surface area contributed by atoms with Gasteiger partial charge < -0.3 is 4.90 Å². The Kier molecular flexibility index (Phi) is 5.52. The lowest BCUT2D eigenvalue weighted by Crippen LogP contribution is -2.43. The van der Waals surface area contributed by atoms with Gasteiger partial charge in [-0.15, -0.1) is 0 Å². The van der Waals surface area contributed by atoms with Gasteiger partial charge in [-0.25, -0.2) is 4.39 Å². The molecule has 3 heteroatoms. The van der Waals surface area contributed by atoms with E-state index in [4.69, 9.17) is 0 Å². The zero-order valence-electron chi connectivity index (χ0n) is 14.9. The van der Waals surface area contributed by atoms with Crippen LogP contribution in [0.15, 0.2) is 66.0 Å². The van der Waals surface area contributed by atoms with E-state index >= 15 is 0 Å². The van der Waals surface area contributed by atoms with Crippen LogP contribution in [0.5, 0.6) is 0 Å². The second-order valence-electron chi connectivity index (χ2n) is 7.24. The first-order chi connectivity index (χ1) is 12.1. The van der Waals surface area contributed by atoms with Gasteiger partial charge in [0.25, 0.3) is 0 Å². The van der Waals surface area contributed by atoms with E-state index in [2.05, 4.69) is 31.2 Å². The average molecular weight is 339 g/mol. The van der Waals surface area contributed by atoms with Crippen LogP contribution in [-0.4, -0.2) is 23.9 Å². The van der Waals surface area contributed by atoms with Gasteiger partial charge in [-0.2, -0.15) is 0 Å². The molecule has 1 aromatic rings. The molecule has 0 unspecified atom stereocenters. The number of piperidine rings is 1. The molecule has 1 fully saturated rings. The molecule has 1 amide bonds. The number of hydrogen-bond donors (Lipinski definition) is 0. The Balaban J connectivity index is 1.50. The largest absolute Gasteiger partial charge is 0.343 e. The van der Waals surface area contributed by atoms with Crippen LogP contribution in [0.1, 0.15) is 44.6 Å². The topological polar surface area (TPSA) is 20.3 Å². The maximum Gasteiger partial charge on any atom is 0.222 e. The smallest absolute Gasteiger partial charge is 0.222 e. The summed E-state index contributed by atoms with van der Waals surface area (Å²) in [6.45, 7) is 3.93. The van der Waals surface area contributed by atoms with E-state index < -0.39 is 0 Å². The van der Waals surface area contributed by atoms with Crippen molar-refractivity contribution in [3.05, 3.63) is 71.6 Å². The number of carbonyl (C=O) groups excluding carboxylic acids is 1. The summed E-state index contributed by atoms with van der Waals surface area (Å²) < 4.78 is 13.2. The summed E-state index contributed by atoms with van der Waals surface area (Å²) in [5.41, 5.74) is 2.57. The van der Waals surface area contributed by atoms with Gasteiger partial charge in [-0.3, -0.25) is 4.79 Å². The molecule has 1 aromatic carbocycles. The Morgan fingerprint density at radius 3 is 2.56 bits per heavy atom. The van der Waals surface area contributed by atoms with Gasteiger partial charge in [0.05, 0.1) is 0 Å². The van der Waals surface area contributed by atoms with Crippen molar-refractivity contribution in [2.75, 3.05) is 13.1 Å². The molecule has 25 heavy (non-hydrogen) atoms. The molecule has 0 bridgehead atoms. The Morgan fingerprint density at radius 1 is 1.12 bits per heavy atom. The van der Waals surface area contributed by atoms with Gasteiger partial charge in [0.2, 0.25) is 5.91 Å². The highest BCUT2D eigenvalue weighted by Gasteiger charge is 2.32. The van der Waals surface area contributed by atoms with Crippen LogP contribution >= 0.6 is 0 Å². The molecule has 132 valence electrons. The van der Waals surface area contributed by atoms with Gasteiger partial charge in [-0.05, 0) is 48.8 Å². The third-order valence-electron chi connectivity index (χ3n) is 5.47. The lowest BCUT2D eigenvalue weighted by atomic mass is 9.74. The molecule has 1 aliphatic heterocycles. The highest BCUT2D eigenvalue weighted by atomic mass is 19.1. The predicted molar refractivity (Wildman–Crippen MR) is 99.9 cm³/mol. The highest BCUT2D eigenvalue weighted by Crippen LogP contribution is 2.35. The van der Waals surface area contributed by atoms with Crippen LogP contribution in [0.25, 0.3) is 0 Å². The quantitative estimate of drug-likeness (QED) is 0.748. The van der Waals surface area contributed by atoms with Crippen LogP contribution in [0.4, 0.5) is 4.39 Å². The normalized spacial score (nSPS) is 19.8. The molecule has 3 rings (SSSR count). The fourth-order valence-electron chi connectivity index (χ4n) is 3.62. The molecule has 0 aromatic heterocycles. The third-order valence-corrected chi connectivity index (χ3v) is 5.47. The lowest BCUT2D eigenvalue weighted by molar-refractivity contribution is -0.132. The highest BCUT2D eigenvalue weighted by molar-refractivity contribution is 5.76. The van der Waals surface area contributed by atoms with E-state index in [0.29, 0.717) is 19.3 Å². The van der Waals surface area contributed by atoms with E-state index in [-0.39, 0.29) is 17.1 Å². The van der Waals surface area contributed by atoms with E-state index in [1.807, 2.05) is 17.0 Å². The minimum atomic E-state index is -0.200. The fraction of sp³-hybridized carbons (Fsp3) is 0.409. The molecule has 0 saturated carbocycles. The van der Waals surface area contributed by atoms with Crippen LogP contribution in [0, 0.1) is 0 Å². The van der Waals surface area contributed by atoms with Crippen molar-refractivity contribution in [2.45, 2.75) is 44.4 Å². The molecule has 0 radical (unpaired) electrons. The zero-order valence-corrected chi connectivity index (χ0v) is 14.9. The monoisotopic (exact) mass is 339 g/mol. The van der Waals surface area contributed by atoms with Crippen LogP contribution in [0.2, 0.25) is 0 Å². The summed E-state index contributed by atoms with van der Waals surface area (Å²) in [5.74, 6) is 0.0101. The van der Waals surface area contributed by atoms with Gasteiger partial charge in [0.1, 0.15) is 5.83 Å². The average Bonchev–Trinajstić information content (AvgIpc) is 2.85. The minimum Gasteiger partial charge on any atom is -0.343 e. The molecule has 1 heterocycles. The van der Waals surface area contributed by atoms with Crippen molar-refractivity contribution in [1.82, 2.24) is 4.90 Å². The second-order valence-corrected chi connectivity index (χ2v) is 7.24. The van der Waals surface area contributed by atoms with Crippen molar-refractivity contribution in [2.24, 2.45) is 0 Å². The fourth-order valence-corrected chi connectivity index (χ4v) is 3.62. The SMILES string of the molecule is CC1(c2ccccc2)CCN(C(=O)CCC2=CCC=C(F)C=C2)CC1. The first-order valence-corrected chi connectivity index (χ1v) is 9.13. The summed E-state index contributed by atoms with van der Waals surface area (Å²) in [4.78, 5) is 14.5. The maximum absolute atomic E-state index is 13.2. The molecule has 1 aliphatic carbocycles. The van der Waals surface area contributed by atoms with Crippen LogP contribution in [0.3, 0.4) is 0 Å². The van der Waals surface area contributed by atoms with E-state index in [1.165, 1.54) is 11.6 Å². The summed E-state index contributed by atoms with van der Waals surface area (Å²) in [6.07, 6.45) is 10.6. The third kappa shape index (κ3) is 4.47. The Bertz CT molecular complexity index is 694. The number of hydrogen-bond acceptors (Lipinski definition) is 1. The molecule has 2 nitrogen and oxygen atoms in total. The molecule has 1 saturated heterocycles. The summed E-state index contributed by atoms with van der Waals surface area (Å²) >= 11 is 0. The Labute approximate surface area is 149 Å². The number of halogens is 1. The number of benzene rings is 1. The number of amides is 1. The van der Waals surface area contributed by atoms with Crippen molar-refractivity contribution in [1.29, 1.82) is 0 Å². The number of allylic oxidation sites excluding steroid dienone is 6. The molecule has 0 atom stereocenters. The number of rotatable bonds is 4. The predicted octanol–water partition coefficient (Wildman–Crippen LogP) is 5.09. The molecule has 2 aliphatic rings. The van der Waals surface area contributed by atoms with Gasteiger partial charge in [-0.1, -0.05) is 55.0 Å². The Morgan fingerprint density at radius 2 is 1.84 bits per heavy atom. The molecule has 0 spiro atoms. The minimum absolute atomic E-state index is 0.161. The summed E-state index contributed by atoms with van der Waals surface area (Å²) in [7, 11) is 0. The number of carbonyl (C=O) groups is 1. The number of likely N-dealkylation sites (tertiary alicyclic amines) is 1. The summed E-state index contributed by atoms with van der Waals surface area (Å²) in [5, 5.41) is 0. The summed E-state index contributed by atoms with van der Waals surface area (Å²) in [6, 6.07) is 10.6. The van der Waals surface area contributed by atoms with Crippen molar-refractivity contribution >= 4 is 5.91 Å². The van der Waals surface area contributed by atoms with E-state index in [1.54, 1.807) is 12.2 Å². The molecule has 0 N–H and O–H groups in total. The molecular weight excluding hydrogens is 313 g/mol. The van der Waals surface area contributed by atoms with Crippen molar-refractivity contribution in [3.63, 3.8) is 0 Å². The van der Waals surface area contributed by atoms with Gasteiger partial charge >= 0.3 is 0 Å². The van der Waals surface area contributed by atoms with E-state index in [9.17, 15) is 9.18 Å². The first-order valence-electron chi connectivity index (χ1n) is 9.13. The maximum atomic E-state index is 13.2. The van der Waals surface area contributed by atoms with Crippen molar-refractivity contribution in [3.8, 4) is 0 Å².